The van der Waals surface area contributed by atoms with Crippen LogP contribution < -0.4 is 24.2 Å². The van der Waals surface area contributed by atoms with Gasteiger partial charge in [-0.15, -0.1) is 0 Å². The summed E-state index contributed by atoms with van der Waals surface area (Å²) in [5.74, 6) is 0.981. The Hall–Kier alpha value is -2.99. The van der Waals surface area contributed by atoms with E-state index < -0.39 is 22.7 Å². The van der Waals surface area contributed by atoms with E-state index in [9.17, 15) is 26.4 Å². The highest BCUT2D eigenvalue weighted by Gasteiger charge is 2.30. The molecule has 0 aromatic heterocycles. The predicted molar refractivity (Wildman–Crippen MR) is 111 cm³/mol. The Balaban J connectivity index is 2.01. The molecule has 2 rings (SSSR count). The molecule has 0 heterocycles. The molecule has 0 unspecified atom stereocenters. The lowest BCUT2D eigenvalue weighted by Gasteiger charge is -2.15. The van der Waals surface area contributed by atoms with Crippen LogP contribution in [0.4, 0.5) is 18.9 Å². The maximum absolute atomic E-state index is 12.3. The third kappa shape index (κ3) is 6.76. The van der Waals surface area contributed by atoms with Gasteiger partial charge in [-0.25, -0.2) is 13.1 Å². The van der Waals surface area contributed by atoms with Gasteiger partial charge in [-0.05, 0) is 42.3 Å². The first-order valence-electron chi connectivity index (χ1n) is 9.25. The first-order chi connectivity index (χ1) is 15.0. The van der Waals surface area contributed by atoms with Gasteiger partial charge in [-0.3, -0.25) is 4.79 Å². The van der Waals surface area contributed by atoms with Gasteiger partial charge in [0, 0.05) is 12.1 Å². The van der Waals surface area contributed by atoms with Crippen molar-refractivity contribution in [1.29, 1.82) is 0 Å². The third-order valence-electron chi connectivity index (χ3n) is 4.32. The molecule has 0 aliphatic rings. The zero-order valence-electron chi connectivity index (χ0n) is 17.6. The van der Waals surface area contributed by atoms with Gasteiger partial charge < -0.3 is 19.5 Å². The molecule has 12 heteroatoms. The number of sulfonamides is 1. The quantitative estimate of drug-likeness (QED) is 0.546. The van der Waals surface area contributed by atoms with Gasteiger partial charge >= 0.3 is 6.18 Å². The van der Waals surface area contributed by atoms with E-state index in [2.05, 4.69) is 5.32 Å². The van der Waals surface area contributed by atoms with Gasteiger partial charge in [0.05, 0.1) is 26.2 Å². The zero-order chi connectivity index (χ0) is 23.9. The van der Waals surface area contributed by atoms with Crippen LogP contribution in [0.15, 0.2) is 41.3 Å². The molecule has 32 heavy (non-hydrogen) atoms. The summed E-state index contributed by atoms with van der Waals surface area (Å²) in [4.78, 5) is 11.9. The number of aryl methyl sites for hydroxylation is 1. The van der Waals surface area contributed by atoms with E-state index in [4.69, 9.17) is 14.2 Å². The van der Waals surface area contributed by atoms with Gasteiger partial charge in [-0.1, -0.05) is 6.07 Å². The summed E-state index contributed by atoms with van der Waals surface area (Å²) in [6.07, 6.45) is -4.26. The number of carbonyl (C=O) groups is 1. The Morgan fingerprint density at radius 3 is 2.09 bits per heavy atom. The lowest BCUT2D eigenvalue weighted by Crippen LogP contribution is -2.33. The number of rotatable bonds is 10. The first-order valence-corrected chi connectivity index (χ1v) is 10.7. The highest BCUT2D eigenvalue weighted by molar-refractivity contribution is 7.89. The summed E-state index contributed by atoms with van der Waals surface area (Å²) < 4.78 is 77.9. The van der Waals surface area contributed by atoms with Crippen molar-refractivity contribution in [1.82, 2.24) is 4.72 Å². The lowest BCUT2D eigenvalue weighted by molar-refractivity contribution is -0.121. The van der Waals surface area contributed by atoms with Crippen molar-refractivity contribution in [2.24, 2.45) is 0 Å². The van der Waals surface area contributed by atoms with Crippen LogP contribution in [-0.4, -0.2) is 48.4 Å². The van der Waals surface area contributed by atoms with Crippen LogP contribution in [0.25, 0.3) is 0 Å². The Bertz CT molecular complexity index is 1040. The summed E-state index contributed by atoms with van der Waals surface area (Å²) in [6.45, 7) is -1.67. The average molecular weight is 476 g/mol. The average Bonchev–Trinajstić information content (AvgIpc) is 2.75. The summed E-state index contributed by atoms with van der Waals surface area (Å²) in [5.41, 5.74) is 1.02. The fraction of sp³-hybridized carbons (Fsp3) is 0.350. The number of anilines is 1. The molecule has 0 atom stereocenters. The molecular formula is C20H23F3N2O6S. The smallest absolute Gasteiger partial charge is 0.402 e. The number of amides is 1. The number of benzene rings is 2. The molecule has 2 aromatic carbocycles. The van der Waals surface area contributed by atoms with Gasteiger partial charge in [0.15, 0.2) is 11.5 Å². The van der Waals surface area contributed by atoms with Gasteiger partial charge in [0.2, 0.25) is 21.7 Å². The molecule has 0 saturated heterocycles. The number of ether oxygens (including phenoxy) is 3. The van der Waals surface area contributed by atoms with Crippen molar-refractivity contribution in [3.63, 3.8) is 0 Å². The molecule has 0 aliphatic carbocycles. The third-order valence-corrected chi connectivity index (χ3v) is 5.74. The van der Waals surface area contributed by atoms with Crippen LogP contribution in [0.2, 0.25) is 0 Å². The van der Waals surface area contributed by atoms with Crippen LogP contribution in [0, 0.1) is 0 Å². The van der Waals surface area contributed by atoms with Crippen molar-refractivity contribution >= 4 is 21.6 Å². The van der Waals surface area contributed by atoms with E-state index in [1.807, 2.05) is 0 Å². The summed E-state index contributed by atoms with van der Waals surface area (Å²) in [5, 5.41) is 2.60. The zero-order valence-corrected chi connectivity index (χ0v) is 18.4. The highest BCUT2D eigenvalue weighted by Crippen LogP contribution is 2.40. The Kier molecular flexibility index (Phi) is 8.33. The monoisotopic (exact) mass is 476 g/mol. The second-order valence-electron chi connectivity index (χ2n) is 6.51. The van der Waals surface area contributed by atoms with Gasteiger partial charge in [-0.2, -0.15) is 13.2 Å². The second kappa shape index (κ2) is 10.6. The molecule has 0 bridgehead atoms. The Morgan fingerprint density at radius 2 is 1.56 bits per heavy atom. The van der Waals surface area contributed by atoms with E-state index in [-0.39, 0.29) is 17.2 Å². The lowest BCUT2D eigenvalue weighted by atomic mass is 10.1. The van der Waals surface area contributed by atoms with E-state index in [1.54, 1.807) is 12.1 Å². The number of hydrogen-bond donors (Lipinski definition) is 2. The topological polar surface area (TPSA) is 103 Å². The van der Waals surface area contributed by atoms with E-state index in [1.165, 1.54) is 38.2 Å². The summed E-state index contributed by atoms with van der Waals surface area (Å²) >= 11 is 0. The maximum atomic E-state index is 12.3. The van der Waals surface area contributed by atoms with E-state index in [0.29, 0.717) is 29.4 Å². The Labute approximate surface area is 183 Å². The minimum absolute atomic E-state index is 0.0824. The molecular weight excluding hydrogens is 453 g/mol. The van der Waals surface area contributed by atoms with Crippen LogP contribution in [0.5, 0.6) is 17.2 Å². The summed E-state index contributed by atoms with van der Waals surface area (Å²) in [7, 11) is 0.113. The minimum atomic E-state index is -4.67. The van der Waals surface area contributed by atoms with Crippen LogP contribution in [-0.2, 0) is 21.2 Å². The maximum Gasteiger partial charge on any atom is 0.402 e. The second-order valence-corrected chi connectivity index (χ2v) is 8.27. The molecule has 0 aliphatic heterocycles. The number of halogens is 3. The molecule has 8 nitrogen and oxygen atoms in total. The Morgan fingerprint density at radius 1 is 0.938 bits per heavy atom. The fourth-order valence-electron chi connectivity index (χ4n) is 2.81. The first kappa shape index (κ1) is 25.3. The number of alkyl halides is 3. The fourth-order valence-corrected chi connectivity index (χ4v) is 3.82. The SMILES string of the molecule is COc1ccc(CCC(=O)Nc2ccc(S(=O)(=O)NCC(F)(F)F)cc2)c(OC)c1OC. The van der Waals surface area contributed by atoms with Crippen LogP contribution in [0.1, 0.15) is 12.0 Å². The van der Waals surface area contributed by atoms with Gasteiger partial charge in [0.25, 0.3) is 0 Å². The molecule has 0 radical (unpaired) electrons. The molecule has 0 spiro atoms. The molecule has 0 fully saturated rings. The van der Waals surface area contributed by atoms with Crippen molar-refractivity contribution in [3.05, 3.63) is 42.0 Å². The summed E-state index contributed by atoms with van der Waals surface area (Å²) in [6, 6.07) is 8.23. The standard InChI is InChI=1S/C20H23F3N2O6S/c1-29-16-10-4-13(18(30-2)19(16)31-3)5-11-17(26)25-14-6-8-15(9-7-14)32(27,28)24-12-20(21,22)23/h4,6-10,24H,5,11-12H2,1-3H3,(H,25,26). The number of hydrogen-bond acceptors (Lipinski definition) is 6. The van der Waals surface area contributed by atoms with Gasteiger partial charge in [0.1, 0.15) is 6.54 Å². The number of methoxy groups -OCH3 is 3. The van der Waals surface area contributed by atoms with Crippen LogP contribution in [0.3, 0.4) is 0 Å². The molecule has 2 aromatic rings. The number of carbonyl (C=O) groups excluding carboxylic acids is 1. The largest absolute Gasteiger partial charge is 0.493 e. The van der Waals surface area contributed by atoms with Crippen molar-refractivity contribution in [2.75, 3.05) is 33.2 Å². The van der Waals surface area contributed by atoms with Crippen molar-refractivity contribution in [3.8, 4) is 17.2 Å². The highest BCUT2D eigenvalue weighted by atomic mass is 32.2. The normalized spacial score (nSPS) is 11.7. The molecule has 176 valence electrons. The predicted octanol–water partition coefficient (Wildman–Crippen LogP) is 3.12. The molecule has 1 amide bonds. The minimum Gasteiger partial charge on any atom is -0.493 e. The molecule has 0 saturated carbocycles. The van der Waals surface area contributed by atoms with Crippen LogP contribution >= 0.6 is 0 Å². The number of nitrogens with one attached hydrogen (secondary N) is 2. The molecule has 2 N–H and O–H groups in total. The van der Waals surface area contributed by atoms with Crippen molar-refractivity contribution < 1.29 is 40.6 Å². The van der Waals surface area contributed by atoms with Crippen molar-refractivity contribution in [2.45, 2.75) is 23.9 Å². The van der Waals surface area contributed by atoms with E-state index >= 15 is 0 Å². The van der Waals surface area contributed by atoms with E-state index in [0.717, 1.165) is 17.7 Å².